The molecule has 0 radical (unpaired) electrons. The lowest BCUT2D eigenvalue weighted by Gasteiger charge is -2.14. The molecule has 42 heavy (non-hydrogen) atoms. The van der Waals surface area contributed by atoms with Crippen LogP contribution in [-0.2, 0) is 0 Å². The van der Waals surface area contributed by atoms with Gasteiger partial charge >= 0.3 is 0 Å². The maximum absolute atomic E-state index is 5.14. The Morgan fingerprint density at radius 3 is 1.07 bits per heavy atom. The van der Waals surface area contributed by atoms with E-state index in [1.165, 1.54) is 0 Å². The number of pyridine rings is 3. The molecule has 0 N–H and O–H groups in total. The van der Waals surface area contributed by atoms with E-state index >= 15 is 0 Å². The van der Waals surface area contributed by atoms with Gasteiger partial charge in [-0.2, -0.15) is 0 Å². The average molecular weight is 654 g/mol. The summed E-state index contributed by atoms with van der Waals surface area (Å²) in [6.07, 6.45) is 10.9. The van der Waals surface area contributed by atoms with Crippen molar-refractivity contribution >= 4 is 33.9 Å². The van der Waals surface area contributed by atoms with Crippen LogP contribution in [0, 0.1) is 0 Å². The summed E-state index contributed by atoms with van der Waals surface area (Å²) in [6, 6.07) is 38.0. The highest BCUT2D eigenvalue weighted by Gasteiger charge is 2.16. The summed E-state index contributed by atoms with van der Waals surface area (Å²) in [5.41, 5.74) is 10.1. The van der Waals surface area contributed by atoms with Gasteiger partial charge in [0.15, 0.2) is 5.84 Å². The Morgan fingerprint density at radius 2 is 0.643 bits per heavy atom. The second kappa shape index (κ2) is 11.9. The zero-order valence-corrected chi connectivity index (χ0v) is 24.6. The second-order valence-electron chi connectivity index (χ2n) is 9.66. The summed E-state index contributed by atoms with van der Waals surface area (Å²) in [7, 11) is 0. The first-order valence-electron chi connectivity index (χ1n) is 13.5. The van der Waals surface area contributed by atoms with Crippen LogP contribution in [0.1, 0.15) is 16.7 Å². The van der Waals surface area contributed by atoms with Gasteiger partial charge < -0.3 is 0 Å². The highest BCUT2D eigenvalue weighted by molar-refractivity contribution is 14.2. The van der Waals surface area contributed by atoms with E-state index in [-0.39, 0.29) is 0 Å². The number of rotatable bonds is 6. The summed E-state index contributed by atoms with van der Waals surface area (Å²) in [6.45, 7) is 0. The average Bonchev–Trinajstić information content (AvgIpc) is 3.09. The van der Waals surface area contributed by atoms with Crippen molar-refractivity contribution in [2.75, 3.05) is 0 Å². The van der Waals surface area contributed by atoms with E-state index in [1.807, 2.05) is 73.6 Å². The molecule has 0 atom stereocenters. The third-order valence-electron chi connectivity index (χ3n) is 7.02. The fourth-order valence-corrected chi connectivity index (χ4v) is 7.27. The lowest BCUT2D eigenvalue weighted by molar-refractivity contribution is 1.33. The number of nitrogens with zero attached hydrogens (tertiary/aromatic N) is 5. The minimum absolute atomic E-state index is 0.615. The van der Waals surface area contributed by atoms with Gasteiger partial charge in [-0.05, 0) is 90.5 Å². The van der Waals surface area contributed by atoms with Gasteiger partial charge in [0.05, 0.1) is 0 Å². The van der Waals surface area contributed by atoms with Crippen molar-refractivity contribution in [3.05, 3.63) is 163 Å². The predicted octanol–water partition coefficient (Wildman–Crippen LogP) is 8.23. The van der Waals surface area contributed by atoms with E-state index in [0.29, 0.717) is 0 Å². The van der Waals surface area contributed by atoms with Gasteiger partial charge in [-0.3, -0.25) is 15.0 Å². The van der Waals surface area contributed by atoms with Gasteiger partial charge in [0.1, 0.15) is 7.35 Å². The number of aromatic nitrogens is 3. The minimum Gasteiger partial charge on any atom is -0.265 e. The first-order valence-corrected chi connectivity index (χ1v) is 15.7. The molecule has 6 aromatic rings. The normalized spacial score (nSPS) is 12.9. The molecule has 7 rings (SSSR count). The van der Waals surface area contributed by atoms with E-state index in [0.717, 1.165) is 63.3 Å². The van der Waals surface area contributed by atoms with Crippen LogP contribution in [0.5, 0.6) is 0 Å². The summed E-state index contributed by atoms with van der Waals surface area (Å²) in [5, 5.41) is 0. The molecule has 200 valence electrons. The fraction of sp³-hybridized carbons (Fsp3) is 0. The van der Waals surface area contributed by atoms with Crippen molar-refractivity contribution in [3.63, 3.8) is 0 Å². The largest absolute Gasteiger partial charge is 0.265 e. The minimum atomic E-state index is -0.615. The Labute approximate surface area is 254 Å². The third kappa shape index (κ3) is 5.62. The molecular weight excluding hydrogens is 629 g/mol. The summed E-state index contributed by atoms with van der Waals surface area (Å²) in [5.74, 6) is 0.739. The number of hydrogen-bond acceptors (Lipinski definition) is 5. The molecule has 0 spiro atoms. The molecule has 0 aliphatic carbocycles. The quantitative estimate of drug-likeness (QED) is 0.170. The predicted molar refractivity (Wildman–Crippen MR) is 180 cm³/mol. The molecular formula is C36H24IN5. The Bertz CT molecular complexity index is 1680. The highest BCUT2D eigenvalue weighted by Crippen LogP contribution is 2.28. The zero-order chi connectivity index (χ0) is 28.1. The molecule has 6 heteroatoms. The number of halogens is 1. The fourth-order valence-electron chi connectivity index (χ4n) is 4.75. The van der Waals surface area contributed by atoms with E-state index in [1.54, 1.807) is 0 Å². The molecule has 0 saturated carbocycles. The van der Waals surface area contributed by atoms with Crippen molar-refractivity contribution in [1.82, 2.24) is 15.0 Å². The molecule has 0 bridgehead atoms. The van der Waals surface area contributed by atoms with Crippen LogP contribution in [-0.4, -0.2) is 28.1 Å². The first-order chi connectivity index (χ1) is 20.8. The molecule has 0 amide bonds. The monoisotopic (exact) mass is 653 g/mol. The first kappa shape index (κ1) is 26.0. The summed E-state index contributed by atoms with van der Waals surface area (Å²) < 4.78 is 2.21. The van der Waals surface area contributed by atoms with E-state index in [4.69, 9.17) is 9.98 Å². The van der Waals surface area contributed by atoms with Crippen molar-refractivity contribution in [2.45, 2.75) is 0 Å². The standard InChI is InChI=1S/C36H24IN5/c1-7-31(8-2-25(1)28-13-19-38-20-14-28)34-37-35(32-9-3-26(4-10-32)29-15-21-39-22-16-29)42-36(41-34)33-11-5-27(6-12-33)30-17-23-40-24-18-30/h1-24H. The van der Waals surface area contributed by atoms with Crippen LogP contribution >= 0.6 is 20.7 Å². The summed E-state index contributed by atoms with van der Waals surface area (Å²) >= 11 is -0.615. The number of benzene rings is 3. The summed E-state index contributed by atoms with van der Waals surface area (Å²) in [4.78, 5) is 22.7. The number of amidine groups is 1. The lowest BCUT2D eigenvalue weighted by atomic mass is 10.0. The Hall–Kier alpha value is -4.95. The van der Waals surface area contributed by atoms with E-state index in [9.17, 15) is 0 Å². The SMILES string of the molecule is c1cc(-c2ccc(C3=NC(c4ccc(-c5ccncc5)cc4)=IC(c4ccc(-c5ccncc5)cc4)=N3)cc2)ccn1. The maximum Gasteiger partial charge on any atom is 0.161 e. The van der Waals surface area contributed by atoms with Crippen LogP contribution in [0.15, 0.2) is 156 Å². The second-order valence-corrected chi connectivity index (χ2v) is 12.2. The third-order valence-corrected chi connectivity index (χ3v) is 9.77. The van der Waals surface area contributed by atoms with Crippen molar-refractivity contribution in [3.8, 4) is 33.4 Å². The Balaban J connectivity index is 1.26. The molecule has 1 aliphatic rings. The van der Waals surface area contributed by atoms with Crippen LogP contribution < -0.4 is 0 Å². The van der Waals surface area contributed by atoms with Gasteiger partial charge in [-0.15, -0.1) is 0 Å². The topological polar surface area (TPSA) is 63.4 Å². The van der Waals surface area contributed by atoms with Gasteiger partial charge in [-0.1, -0.05) is 72.8 Å². The molecule has 4 heterocycles. The van der Waals surface area contributed by atoms with E-state index in [2.05, 4.69) is 87.7 Å². The lowest BCUT2D eigenvalue weighted by Crippen LogP contribution is -2.11. The molecule has 5 nitrogen and oxygen atoms in total. The van der Waals surface area contributed by atoms with Crippen LogP contribution in [0.3, 0.4) is 0 Å². The zero-order valence-electron chi connectivity index (χ0n) is 22.5. The van der Waals surface area contributed by atoms with Crippen LogP contribution in [0.2, 0.25) is 0 Å². The van der Waals surface area contributed by atoms with Crippen LogP contribution in [0.4, 0.5) is 0 Å². The molecule has 0 saturated heterocycles. The molecule has 0 fully saturated rings. The molecule has 3 aromatic carbocycles. The highest BCUT2D eigenvalue weighted by atomic mass is 127. The molecule has 3 aromatic heterocycles. The van der Waals surface area contributed by atoms with Crippen molar-refractivity contribution in [2.24, 2.45) is 9.98 Å². The Kier molecular flexibility index (Phi) is 7.35. The van der Waals surface area contributed by atoms with Gasteiger partial charge in [-0.25, -0.2) is 9.98 Å². The number of aliphatic imine (C=N–C) groups is 2. The Morgan fingerprint density at radius 1 is 0.310 bits per heavy atom. The molecule has 0 unspecified atom stereocenters. The smallest absolute Gasteiger partial charge is 0.161 e. The van der Waals surface area contributed by atoms with Gasteiger partial charge in [0.2, 0.25) is 0 Å². The van der Waals surface area contributed by atoms with Gasteiger partial charge in [0, 0.05) is 53.9 Å². The van der Waals surface area contributed by atoms with E-state index < -0.39 is 20.7 Å². The van der Waals surface area contributed by atoms with Crippen molar-refractivity contribution < 1.29 is 0 Å². The maximum atomic E-state index is 5.14. The molecule has 1 aliphatic heterocycles. The van der Waals surface area contributed by atoms with Crippen LogP contribution in [0.25, 0.3) is 33.4 Å². The van der Waals surface area contributed by atoms with Gasteiger partial charge in [0.25, 0.3) is 0 Å². The van der Waals surface area contributed by atoms with Crippen molar-refractivity contribution in [1.29, 1.82) is 0 Å². The number of hydrogen-bond donors (Lipinski definition) is 0.